The maximum absolute atomic E-state index is 13.0. The Morgan fingerprint density at radius 2 is 1.33 bits per heavy atom. The summed E-state index contributed by atoms with van der Waals surface area (Å²) in [5, 5.41) is 0. The van der Waals surface area contributed by atoms with Crippen LogP contribution in [0.1, 0.15) is 31.8 Å². The monoisotopic (exact) mass is 360 g/mol. The first-order valence-corrected chi connectivity index (χ1v) is 8.23. The molecular weight excluding hydrogens is 344 g/mol. The maximum Gasteiger partial charge on any atom is 0.196 e. The summed E-state index contributed by atoms with van der Waals surface area (Å²) >= 11 is 0. The summed E-state index contributed by atoms with van der Waals surface area (Å²) in [6.07, 6.45) is 0. The molecule has 3 aromatic rings. The van der Waals surface area contributed by atoms with Crippen molar-refractivity contribution in [1.29, 1.82) is 0 Å². The normalized spacial score (nSPS) is 12.3. The first-order valence-electron chi connectivity index (χ1n) is 8.23. The van der Waals surface area contributed by atoms with E-state index in [2.05, 4.69) is 0 Å². The molecule has 0 heterocycles. The molecule has 0 bridgehead atoms. The minimum absolute atomic E-state index is 0.0854. The van der Waals surface area contributed by atoms with Gasteiger partial charge < -0.3 is 20.9 Å². The number of hydrogen-bond donors (Lipinski definition) is 2. The van der Waals surface area contributed by atoms with Crippen molar-refractivity contribution in [3.63, 3.8) is 0 Å². The van der Waals surface area contributed by atoms with Crippen LogP contribution in [0.4, 0.5) is 11.4 Å². The van der Waals surface area contributed by atoms with E-state index in [9.17, 15) is 9.59 Å². The summed E-state index contributed by atoms with van der Waals surface area (Å²) in [6.45, 7) is 0. The molecule has 0 saturated heterocycles. The third-order valence-electron chi connectivity index (χ3n) is 4.52. The molecule has 0 aromatic heterocycles. The number of methoxy groups -OCH3 is 1. The minimum Gasteiger partial charge on any atom is -0.497 e. The zero-order valence-electron chi connectivity index (χ0n) is 14.5. The van der Waals surface area contributed by atoms with Gasteiger partial charge in [0.05, 0.1) is 23.9 Å². The van der Waals surface area contributed by atoms with Crippen LogP contribution in [-0.4, -0.2) is 18.7 Å². The van der Waals surface area contributed by atoms with Crippen molar-refractivity contribution in [2.75, 3.05) is 18.6 Å². The average molecular weight is 360 g/mol. The van der Waals surface area contributed by atoms with E-state index < -0.39 is 0 Å². The molecule has 1 aliphatic rings. The van der Waals surface area contributed by atoms with Crippen molar-refractivity contribution in [3.8, 4) is 17.2 Å². The molecule has 0 unspecified atom stereocenters. The molecule has 0 saturated carbocycles. The van der Waals surface area contributed by atoms with E-state index in [-0.39, 0.29) is 39.8 Å². The second-order valence-electron chi connectivity index (χ2n) is 6.11. The highest BCUT2D eigenvalue weighted by Crippen LogP contribution is 2.41. The SMILES string of the molecule is COc1ccc(Oc2cc(N)c3c(c2N)C(=O)c2ccccc2C3=O)cc1. The topological polar surface area (TPSA) is 105 Å². The number of ketones is 2. The summed E-state index contributed by atoms with van der Waals surface area (Å²) in [5.41, 5.74) is 13.4. The van der Waals surface area contributed by atoms with Crippen molar-refractivity contribution in [3.05, 3.63) is 76.9 Å². The molecule has 3 aromatic carbocycles. The molecule has 1 aliphatic carbocycles. The van der Waals surface area contributed by atoms with Gasteiger partial charge in [0.2, 0.25) is 0 Å². The lowest BCUT2D eigenvalue weighted by molar-refractivity contribution is 0.0980. The second kappa shape index (κ2) is 6.17. The molecule has 6 nitrogen and oxygen atoms in total. The van der Waals surface area contributed by atoms with Gasteiger partial charge in [0.25, 0.3) is 0 Å². The number of carbonyl (C=O) groups is 2. The summed E-state index contributed by atoms with van der Waals surface area (Å²) in [5.74, 6) is 0.733. The van der Waals surface area contributed by atoms with Gasteiger partial charge in [-0.05, 0) is 24.3 Å². The molecule has 4 N–H and O–H groups in total. The first-order chi connectivity index (χ1) is 13.0. The third-order valence-corrected chi connectivity index (χ3v) is 4.52. The smallest absolute Gasteiger partial charge is 0.196 e. The largest absolute Gasteiger partial charge is 0.497 e. The molecular formula is C21H16N2O4. The van der Waals surface area contributed by atoms with Crippen molar-refractivity contribution < 1.29 is 19.1 Å². The van der Waals surface area contributed by atoms with Crippen molar-refractivity contribution in [1.82, 2.24) is 0 Å². The predicted octanol–water partition coefficient (Wildman–Crippen LogP) is 3.43. The molecule has 6 heteroatoms. The highest BCUT2D eigenvalue weighted by molar-refractivity contribution is 6.32. The Morgan fingerprint density at radius 1 is 0.778 bits per heavy atom. The Hall–Kier alpha value is -3.80. The van der Waals surface area contributed by atoms with Crippen LogP contribution in [0.15, 0.2) is 54.6 Å². The molecule has 0 amide bonds. The van der Waals surface area contributed by atoms with Gasteiger partial charge >= 0.3 is 0 Å². The molecule has 0 radical (unpaired) electrons. The van der Waals surface area contributed by atoms with Gasteiger partial charge in [-0.2, -0.15) is 0 Å². The quantitative estimate of drug-likeness (QED) is 0.542. The van der Waals surface area contributed by atoms with E-state index in [1.54, 1.807) is 55.6 Å². The molecule has 4 rings (SSSR count). The van der Waals surface area contributed by atoms with Gasteiger partial charge in [0.1, 0.15) is 11.5 Å². The number of hydrogen-bond acceptors (Lipinski definition) is 6. The van der Waals surface area contributed by atoms with Gasteiger partial charge in [-0.1, -0.05) is 24.3 Å². The lowest BCUT2D eigenvalue weighted by Crippen LogP contribution is -2.24. The molecule has 0 aliphatic heterocycles. The van der Waals surface area contributed by atoms with Gasteiger partial charge in [0, 0.05) is 22.9 Å². The highest BCUT2D eigenvalue weighted by Gasteiger charge is 2.34. The average Bonchev–Trinajstić information content (AvgIpc) is 2.69. The fraction of sp³-hybridized carbons (Fsp3) is 0.0476. The lowest BCUT2D eigenvalue weighted by Gasteiger charge is -2.22. The van der Waals surface area contributed by atoms with Gasteiger partial charge in [0.15, 0.2) is 17.3 Å². The number of nitrogen functional groups attached to an aromatic ring is 2. The van der Waals surface area contributed by atoms with Crippen molar-refractivity contribution in [2.24, 2.45) is 0 Å². The summed E-state index contributed by atoms with van der Waals surface area (Å²) < 4.78 is 10.9. The van der Waals surface area contributed by atoms with Crippen LogP contribution in [0.3, 0.4) is 0 Å². The van der Waals surface area contributed by atoms with Crippen LogP contribution < -0.4 is 20.9 Å². The van der Waals surface area contributed by atoms with Crippen molar-refractivity contribution in [2.45, 2.75) is 0 Å². The van der Waals surface area contributed by atoms with E-state index >= 15 is 0 Å². The number of rotatable bonds is 3. The molecule has 134 valence electrons. The summed E-state index contributed by atoms with van der Waals surface area (Å²) in [4.78, 5) is 25.8. The first kappa shape index (κ1) is 16.7. The van der Waals surface area contributed by atoms with E-state index in [1.165, 1.54) is 6.07 Å². The number of anilines is 2. The molecule has 0 spiro atoms. The fourth-order valence-corrected chi connectivity index (χ4v) is 3.18. The van der Waals surface area contributed by atoms with E-state index in [0.717, 1.165) is 0 Å². The number of ether oxygens (including phenoxy) is 2. The number of benzene rings is 3. The van der Waals surface area contributed by atoms with Crippen LogP contribution in [0.5, 0.6) is 17.2 Å². The number of carbonyl (C=O) groups excluding carboxylic acids is 2. The molecule has 0 atom stereocenters. The summed E-state index contributed by atoms with van der Waals surface area (Å²) in [7, 11) is 1.57. The number of fused-ring (bicyclic) bond motifs is 2. The Bertz CT molecular complexity index is 1090. The van der Waals surface area contributed by atoms with E-state index in [4.69, 9.17) is 20.9 Å². The Kier molecular flexibility index (Phi) is 3.81. The van der Waals surface area contributed by atoms with E-state index in [1.807, 2.05) is 0 Å². The maximum atomic E-state index is 13.0. The van der Waals surface area contributed by atoms with Gasteiger partial charge in [-0.3, -0.25) is 9.59 Å². The zero-order chi connectivity index (χ0) is 19.1. The fourth-order valence-electron chi connectivity index (χ4n) is 3.18. The zero-order valence-corrected chi connectivity index (χ0v) is 14.5. The number of nitrogens with two attached hydrogens (primary N) is 2. The third kappa shape index (κ3) is 2.58. The molecule has 27 heavy (non-hydrogen) atoms. The van der Waals surface area contributed by atoms with Gasteiger partial charge in [-0.25, -0.2) is 0 Å². The van der Waals surface area contributed by atoms with Crippen LogP contribution in [0.25, 0.3) is 0 Å². The second-order valence-corrected chi connectivity index (χ2v) is 6.11. The van der Waals surface area contributed by atoms with Crippen LogP contribution in [-0.2, 0) is 0 Å². The summed E-state index contributed by atoms with van der Waals surface area (Å²) in [6, 6.07) is 15.0. The Balaban J connectivity index is 1.82. The standard InChI is InChI=1S/C21H16N2O4/c1-26-11-6-8-12(9-7-11)27-16-10-15(22)17-18(19(16)23)21(25)14-5-3-2-4-13(14)20(17)24/h2-10H,22-23H2,1H3. The van der Waals surface area contributed by atoms with Crippen LogP contribution in [0, 0.1) is 0 Å². The van der Waals surface area contributed by atoms with Crippen molar-refractivity contribution >= 4 is 22.9 Å². The van der Waals surface area contributed by atoms with Crippen LogP contribution >= 0.6 is 0 Å². The minimum atomic E-state index is -0.343. The van der Waals surface area contributed by atoms with E-state index in [0.29, 0.717) is 22.6 Å². The lowest BCUT2D eigenvalue weighted by atomic mass is 9.82. The van der Waals surface area contributed by atoms with Crippen LogP contribution in [0.2, 0.25) is 0 Å². The molecule has 0 fully saturated rings. The highest BCUT2D eigenvalue weighted by atomic mass is 16.5. The predicted molar refractivity (Wildman–Crippen MR) is 102 cm³/mol. The Labute approximate surface area is 155 Å². The Morgan fingerprint density at radius 3 is 1.93 bits per heavy atom. The van der Waals surface area contributed by atoms with Gasteiger partial charge in [-0.15, -0.1) is 0 Å².